The van der Waals surface area contributed by atoms with Gasteiger partial charge in [0.25, 0.3) is 5.91 Å². The lowest BCUT2D eigenvalue weighted by Gasteiger charge is -2.08. The summed E-state index contributed by atoms with van der Waals surface area (Å²) in [6, 6.07) is 16.7. The molecule has 2 aromatic carbocycles. The Labute approximate surface area is 173 Å². The van der Waals surface area contributed by atoms with E-state index < -0.39 is 0 Å². The van der Waals surface area contributed by atoms with E-state index in [2.05, 4.69) is 31.7 Å². The highest BCUT2D eigenvalue weighted by atomic mass is 16.1. The van der Waals surface area contributed by atoms with Gasteiger partial charge in [-0.3, -0.25) is 9.59 Å². The largest absolute Gasteiger partial charge is 0.361 e. The number of anilines is 2. The summed E-state index contributed by atoms with van der Waals surface area (Å²) >= 11 is 0. The summed E-state index contributed by atoms with van der Waals surface area (Å²) in [5, 5.41) is 7.11. The number of aromatic amines is 1. The molecule has 1 amide bonds. The maximum absolute atomic E-state index is 12.5. The second kappa shape index (κ2) is 8.57. The van der Waals surface area contributed by atoms with Crippen LogP contribution in [0.25, 0.3) is 10.9 Å². The average molecular weight is 399 g/mol. The number of rotatable bonds is 7. The molecule has 0 saturated carbocycles. The highest BCUT2D eigenvalue weighted by molar-refractivity contribution is 5.94. The number of carbonyl (C=O) groups is 2. The monoisotopic (exact) mass is 399 g/mol. The molecular weight excluding hydrogens is 378 g/mol. The third-order valence-electron chi connectivity index (χ3n) is 4.79. The van der Waals surface area contributed by atoms with Gasteiger partial charge in [-0.05, 0) is 55.3 Å². The van der Waals surface area contributed by atoms with Crippen molar-refractivity contribution in [3.8, 4) is 0 Å². The average Bonchev–Trinajstić information content (AvgIpc) is 3.17. The van der Waals surface area contributed by atoms with Gasteiger partial charge in [0.15, 0.2) is 5.78 Å². The molecule has 4 rings (SSSR count). The summed E-state index contributed by atoms with van der Waals surface area (Å²) in [6.45, 7) is 2.02. The lowest BCUT2D eigenvalue weighted by Crippen LogP contribution is -2.26. The van der Waals surface area contributed by atoms with Crippen LogP contribution in [0.15, 0.2) is 67.0 Å². The number of aromatic nitrogens is 3. The molecule has 0 aliphatic rings. The number of fused-ring (bicyclic) bond motifs is 1. The number of H-pyrrole nitrogens is 1. The summed E-state index contributed by atoms with van der Waals surface area (Å²) in [5.41, 5.74) is 3.89. The quantitative estimate of drug-likeness (QED) is 0.410. The molecule has 7 heteroatoms. The SMILES string of the molecule is CC(=O)c1ccc(Nc2nccc(C(=O)NCCc3c[nH]c4ccccc34)n2)cc1. The van der Waals surface area contributed by atoms with Crippen LogP contribution in [0.5, 0.6) is 0 Å². The Bertz CT molecular complexity index is 1200. The third-order valence-corrected chi connectivity index (χ3v) is 4.79. The molecule has 3 N–H and O–H groups in total. The zero-order chi connectivity index (χ0) is 20.9. The van der Waals surface area contributed by atoms with Gasteiger partial charge >= 0.3 is 0 Å². The number of nitrogens with zero attached hydrogens (tertiary/aromatic N) is 2. The Balaban J connectivity index is 1.37. The van der Waals surface area contributed by atoms with Crippen LogP contribution in [0, 0.1) is 0 Å². The Hall–Kier alpha value is -4.00. The van der Waals surface area contributed by atoms with Crippen LogP contribution in [0.3, 0.4) is 0 Å². The van der Waals surface area contributed by atoms with E-state index in [9.17, 15) is 9.59 Å². The van der Waals surface area contributed by atoms with Crippen LogP contribution in [0.2, 0.25) is 0 Å². The van der Waals surface area contributed by atoms with Crippen molar-refractivity contribution in [2.75, 3.05) is 11.9 Å². The van der Waals surface area contributed by atoms with E-state index in [4.69, 9.17) is 0 Å². The van der Waals surface area contributed by atoms with Gasteiger partial charge in [-0.1, -0.05) is 18.2 Å². The van der Waals surface area contributed by atoms with Crippen LogP contribution < -0.4 is 10.6 Å². The first-order valence-corrected chi connectivity index (χ1v) is 9.64. The molecular formula is C23H21N5O2. The van der Waals surface area contributed by atoms with Crippen LogP contribution in [-0.4, -0.2) is 33.2 Å². The van der Waals surface area contributed by atoms with E-state index in [1.165, 1.54) is 13.1 Å². The van der Waals surface area contributed by atoms with E-state index in [0.29, 0.717) is 24.5 Å². The molecule has 4 aromatic rings. The van der Waals surface area contributed by atoms with Gasteiger partial charge in [0.1, 0.15) is 5.69 Å². The number of carbonyl (C=O) groups excluding carboxylic acids is 2. The van der Waals surface area contributed by atoms with E-state index in [-0.39, 0.29) is 17.4 Å². The number of hydrogen-bond donors (Lipinski definition) is 3. The number of hydrogen-bond acceptors (Lipinski definition) is 5. The molecule has 0 aliphatic heterocycles. The van der Waals surface area contributed by atoms with E-state index >= 15 is 0 Å². The summed E-state index contributed by atoms with van der Waals surface area (Å²) in [4.78, 5) is 35.5. The first-order chi connectivity index (χ1) is 14.6. The van der Waals surface area contributed by atoms with Gasteiger partial charge < -0.3 is 15.6 Å². The molecule has 150 valence electrons. The molecule has 0 fully saturated rings. The van der Waals surface area contributed by atoms with E-state index in [1.807, 2.05) is 24.4 Å². The number of nitrogens with one attached hydrogen (secondary N) is 3. The van der Waals surface area contributed by atoms with Crippen LogP contribution in [0.4, 0.5) is 11.6 Å². The Kier molecular flexibility index (Phi) is 5.52. The molecule has 0 atom stereocenters. The second-order valence-corrected chi connectivity index (χ2v) is 6.89. The minimum atomic E-state index is -0.257. The summed E-state index contributed by atoms with van der Waals surface area (Å²) < 4.78 is 0. The lowest BCUT2D eigenvalue weighted by atomic mass is 10.1. The molecule has 30 heavy (non-hydrogen) atoms. The van der Waals surface area contributed by atoms with Crippen molar-refractivity contribution >= 4 is 34.2 Å². The maximum atomic E-state index is 12.5. The molecule has 0 unspecified atom stereocenters. The van der Waals surface area contributed by atoms with Crippen molar-refractivity contribution in [2.45, 2.75) is 13.3 Å². The Morgan fingerprint density at radius 3 is 2.63 bits per heavy atom. The Morgan fingerprint density at radius 1 is 1.03 bits per heavy atom. The van der Waals surface area contributed by atoms with Crippen LogP contribution in [0.1, 0.15) is 33.3 Å². The van der Waals surface area contributed by atoms with E-state index in [0.717, 1.165) is 22.2 Å². The van der Waals surface area contributed by atoms with Crippen molar-refractivity contribution in [3.05, 3.63) is 83.8 Å². The predicted octanol–water partition coefficient (Wildman–Crippen LogP) is 3.88. The van der Waals surface area contributed by atoms with E-state index in [1.54, 1.807) is 30.3 Å². The number of Topliss-reactive ketones (excluding diaryl/α,β-unsaturated/α-hetero) is 1. The highest BCUT2D eigenvalue weighted by Crippen LogP contribution is 2.18. The van der Waals surface area contributed by atoms with Crippen molar-refractivity contribution < 1.29 is 9.59 Å². The molecule has 0 radical (unpaired) electrons. The second-order valence-electron chi connectivity index (χ2n) is 6.89. The van der Waals surface area contributed by atoms with Gasteiger partial charge in [-0.25, -0.2) is 9.97 Å². The number of para-hydroxylation sites is 1. The van der Waals surface area contributed by atoms with Crippen molar-refractivity contribution in [2.24, 2.45) is 0 Å². The van der Waals surface area contributed by atoms with Crippen molar-refractivity contribution in [1.29, 1.82) is 0 Å². The molecule has 0 spiro atoms. The first kappa shape index (κ1) is 19.3. The van der Waals surface area contributed by atoms with Gasteiger partial charge in [-0.15, -0.1) is 0 Å². The number of amides is 1. The molecule has 7 nitrogen and oxygen atoms in total. The summed E-state index contributed by atoms with van der Waals surface area (Å²) in [5.74, 6) is 0.0613. The maximum Gasteiger partial charge on any atom is 0.270 e. The Morgan fingerprint density at radius 2 is 1.83 bits per heavy atom. The normalized spacial score (nSPS) is 10.7. The standard InChI is InChI=1S/C23H21N5O2/c1-15(29)16-6-8-18(9-7-16)27-23-25-13-11-21(28-23)22(30)24-12-10-17-14-26-20-5-3-2-4-19(17)20/h2-9,11,13-14,26H,10,12H2,1H3,(H,24,30)(H,25,27,28). The summed E-state index contributed by atoms with van der Waals surface area (Å²) in [7, 11) is 0. The predicted molar refractivity (Wildman–Crippen MR) is 116 cm³/mol. The van der Waals surface area contributed by atoms with Crippen LogP contribution >= 0.6 is 0 Å². The minimum absolute atomic E-state index is 0.00380. The topological polar surface area (TPSA) is 99.8 Å². The third kappa shape index (κ3) is 4.35. The fourth-order valence-corrected chi connectivity index (χ4v) is 3.20. The molecule has 2 aromatic heterocycles. The summed E-state index contributed by atoms with van der Waals surface area (Å²) in [6.07, 6.45) is 4.23. The molecule has 0 aliphatic carbocycles. The fraction of sp³-hybridized carbons (Fsp3) is 0.130. The van der Waals surface area contributed by atoms with Crippen molar-refractivity contribution in [1.82, 2.24) is 20.3 Å². The van der Waals surface area contributed by atoms with Gasteiger partial charge in [0.05, 0.1) is 0 Å². The molecule has 0 saturated heterocycles. The molecule has 0 bridgehead atoms. The lowest BCUT2D eigenvalue weighted by molar-refractivity contribution is 0.0948. The van der Waals surface area contributed by atoms with Gasteiger partial charge in [0.2, 0.25) is 5.95 Å². The zero-order valence-electron chi connectivity index (χ0n) is 16.5. The highest BCUT2D eigenvalue weighted by Gasteiger charge is 2.10. The van der Waals surface area contributed by atoms with Gasteiger partial charge in [-0.2, -0.15) is 0 Å². The minimum Gasteiger partial charge on any atom is -0.361 e. The first-order valence-electron chi connectivity index (χ1n) is 9.64. The molecule has 2 heterocycles. The van der Waals surface area contributed by atoms with Crippen molar-refractivity contribution in [3.63, 3.8) is 0 Å². The van der Waals surface area contributed by atoms with Gasteiger partial charge in [0, 0.05) is 41.1 Å². The number of ketones is 1. The number of benzene rings is 2. The van der Waals surface area contributed by atoms with Crippen LogP contribution in [-0.2, 0) is 6.42 Å². The smallest absolute Gasteiger partial charge is 0.270 e. The fourth-order valence-electron chi connectivity index (χ4n) is 3.20. The zero-order valence-corrected chi connectivity index (χ0v) is 16.5.